The summed E-state index contributed by atoms with van der Waals surface area (Å²) in [7, 11) is 0. The second kappa shape index (κ2) is 9.82. The number of carbonyl (C=O) groups excluding carboxylic acids is 3. The largest absolute Gasteiger partial charge is 0.482 e. The van der Waals surface area contributed by atoms with Crippen LogP contribution in [0, 0.1) is 0 Å². The van der Waals surface area contributed by atoms with Gasteiger partial charge in [0, 0.05) is 5.02 Å². The molecule has 0 spiro atoms. The third-order valence-electron chi connectivity index (χ3n) is 3.69. The lowest BCUT2D eigenvalue weighted by Gasteiger charge is -2.28. The van der Waals surface area contributed by atoms with Crippen molar-refractivity contribution in [2.24, 2.45) is 0 Å². The fourth-order valence-corrected chi connectivity index (χ4v) is 2.57. The smallest absolute Gasteiger partial charge is 0.344 e. The highest BCUT2D eigenvalue weighted by atomic mass is 35.5. The van der Waals surface area contributed by atoms with Crippen molar-refractivity contribution in [3.8, 4) is 5.75 Å². The maximum atomic E-state index is 12.2. The molecule has 27 heavy (non-hydrogen) atoms. The van der Waals surface area contributed by atoms with Gasteiger partial charge in [-0.25, -0.2) is 14.4 Å². The highest BCUT2D eigenvalue weighted by Crippen LogP contribution is 2.18. The molecule has 1 atom stereocenters. The van der Waals surface area contributed by atoms with E-state index in [1.807, 2.05) is 6.92 Å². The van der Waals surface area contributed by atoms with E-state index in [0.29, 0.717) is 17.2 Å². The van der Waals surface area contributed by atoms with Crippen LogP contribution in [-0.4, -0.2) is 43.8 Å². The van der Waals surface area contributed by atoms with Crippen molar-refractivity contribution in [1.29, 1.82) is 0 Å². The van der Waals surface area contributed by atoms with E-state index >= 15 is 0 Å². The zero-order valence-electron chi connectivity index (χ0n) is 15.0. The normalized spacial score (nSPS) is 16.3. The highest BCUT2D eigenvalue weighted by Gasteiger charge is 2.31. The molecule has 0 fully saturated rings. The van der Waals surface area contributed by atoms with Gasteiger partial charge in [0.15, 0.2) is 6.61 Å². The van der Waals surface area contributed by atoms with Gasteiger partial charge in [-0.1, -0.05) is 18.5 Å². The number of esters is 2. The number of benzene rings is 1. The molecule has 2 N–H and O–H groups in total. The second-order valence-electron chi connectivity index (χ2n) is 5.58. The minimum atomic E-state index is -0.651. The zero-order chi connectivity index (χ0) is 19.8. The molecule has 8 nitrogen and oxygen atoms in total. The van der Waals surface area contributed by atoms with Crippen LogP contribution in [0.25, 0.3) is 0 Å². The summed E-state index contributed by atoms with van der Waals surface area (Å²) >= 11 is 5.78. The summed E-state index contributed by atoms with van der Waals surface area (Å²) < 4.78 is 15.5. The molecule has 9 heteroatoms. The molecule has 0 aromatic heterocycles. The van der Waals surface area contributed by atoms with Gasteiger partial charge in [-0.15, -0.1) is 0 Å². The molecule has 2 rings (SSSR count). The van der Waals surface area contributed by atoms with Crippen LogP contribution in [0.15, 0.2) is 35.5 Å². The van der Waals surface area contributed by atoms with Gasteiger partial charge < -0.3 is 24.8 Å². The monoisotopic (exact) mass is 396 g/mol. The number of halogens is 1. The van der Waals surface area contributed by atoms with Crippen LogP contribution in [0.4, 0.5) is 4.79 Å². The Balaban J connectivity index is 2.00. The molecule has 0 saturated heterocycles. The average Bonchev–Trinajstić information content (AvgIpc) is 2.65. The molecule has 1 aromatic rings. The number of ether oxygens (including phenoxy) is 3. The lowest BCUT2D eigenvalue weighted by Crippen LogP contribution is -2.51. The van der Waals surface area contributed by atoms with E-state index in [1.165, 1.54) is 0 Å². The van der Waals surface area contributed by atoms with Crippen LogP contribution < -0.4 is 15.4 Å². The Bertz CT molecular complexity index is 732. The summed E-state index contributed by atoms with van der Waals surface area (Å²) in [5.41, 5.74) is 0.439. The number of urea groups is 1. The Morgan fingerprint density at radius 1 is 1.15 bits per heavy atom. The maximum Gasteiger partial charge on any atom is 0.344 e. The minimum absolute atomic E-state index is 0.189. The van der Waals surface area contributed by atoms with E-state index in [0.717, 1.165) is 0 Å². The van der Waals surface area contributed by atoms with E-state index < -0.39 is 24.0 Å². The molecule has 1 aromatic carbocycles. The van der Waals surface area contributed by atoms with E-state index in [9.17, 15) is 14.4 Å². The first kappa shape index (κ1) is 20.6. The Kier molecular flexibility index (Phi) is 7.48. The van der Waals surface area contributed by atoms with Gasteiger partial charge in [0.1, 0.15) is 12.4 Å². The third kappa shape index (κ3) is 5.89. The molecule has 2 amide bonds. The third-order valence-corrected chi connectivity index (χ3v) is 3.95. The van der Waals surface area contributed by atoms with Crippen LogP contribution >= 0.6 is 11.6 Å². The Labute approximate surface area is 161 Å². The number of rotatable bonds is 8. The summed E-state index contributed by atoms with van der Waals surface area (Å²) in [5, 5.41) is 5.69. The first-order valence-corrected chi connectivity index (χ1v) is 8.84. The Hall–Kier alpha value is -2.74. The molecule has 0 saturated carbocycles. The first-order chi connectivity index (χ1) is 12.9. The van der Waals surface area contributed by atoms with E-state index in [1.54, 1.807) is 31.2 Å². The average molecular weight is 397 g/mol. The van der Waals surface area contributed by atoms with Crippen LogP contribution in [0.5, 0.6) is 5.75 Å². The van der Waals surface area contributed by atoms with Gasteiger partial charge in [0.25, 0.3) is 0 Å². The van der Waals surface area contributed by atoms with Gasteiger partial charge in [0.2, 0.25) is 0 Å². The number of amides is 2. The summed E-state index contributed by atoms with van der Waals surface area (Å²) in [6.45, 7) is 3.09. The molecule has 0 unspecified atom stereocenters. The summed E-state index contributed by atoms with van der Waals surface area (Å²) in [4.78, 5) is 35.9. The van der Waals surface area contributed by atoms with Crippen LogP contribution in [-0.2, 0) is 19.1 Å². The predicted molar refractivity (Wildman–Crippen MR) is 97.3 cm³/mol. The molecule has 0 aliphatic carbocycles. The molecule has 1 aliphatic rings. The lowest BCUT2D eigenvalue weighted by atomic mass is 10.0. The van der Waals surface area contributed by atoms with Gasteiger partial charge in [0.05, 0.1) is 23.9 Å². The first-order valence-electron chi connectivity index (χ1n) is 8.46. The standard InChI is InChI=1S/C18H21ClN2O6/c1-3-13-16(17(23)25-4-2)14(21-18(24)20-13)9-27-15(22)10-26-12-7-5-11(19)6-8-12/h5-8,13H,3-4,9-10H2,1-2H3,(H2,20,21,24)/t13-/m0/s1. The second-order valence-corrected chi connectivity index (χ2v) is 6.01. The lowest BCUT2D eigenvalue weighted by molar-refractivity contribution is -0.145. The minimum Gasteiger partial charge on any atom is -0.482 e. The number of hydrogen-bond acceptors (Lipinski definition) is 6. The van der Waals surface area contributed by atoms with E-state index in [2.05, 4.69) is 10.6 Å². The Morgan fingerprint density at radius 2 is 1.85 bits per heavy atom. The van der Waals surface area contributed by atoms with Crippen molar-refractivity contribution >= 4 is 29.6 Å². The number of nitrogens with one attached hydrogen (secondary N) is 2. The highest BCUT2D eigenvalue weighted by molar-refractivity contribution is 6.30. The van der Waals surface area contributed by atoms with Gasteiger partial charge in [-0.2, -0.15) is 0 Å². The van der Waals surface area contributed by atoms with Crippen molar-refractivity contribution < 1.29 is 28.6 Å². The van der Waals surface area contributed by atoms with Crippen molar-refractivity contribution in [3.05, 3.63) is 40.6 Å². The number of hydrogen-bond donors (Lipinski definition) is 2. The molecular weight excluding hydrogens is 376 g/mol. The molecular formula is C18H21ClN2O6. The molecule has 1 heterocycles. The van der Waals surface area contributed by atoms with Gasteiger partial charge >= 0.3 is 18.0 Å². The fraction of sp³-hybridized carbons (Fsp3) is 0.389. The van der Waals surface area contributed by atoms with Crippen LogP contribution in [0.1, 0.15) is 20.3 Å². The van der Waals surface area contributed by atoms with Crippen molar-refractivity contribution in [2.75, 3.05) is 19.8 Å². The topological polar surface area (TPSA) is 103 Å². The molecule has 1 aliphatic heterocycles. The van der Waals surface area contributed by atoms with Crippen LogP contribution in [0.3, 0.4) is 0 Å². The summed E-state index contributed by atoms with van der Waals surface area (Å²) in [5.74, 6) is -0.759. The van der Waals surface area contributed by atoms with Crippen molar-refractivity contribution in [3.63, 3.8) is 0 Å². The predicted octanol–water partition coefficient (Wildman–Crippen LogP) is 2.17. The zero-order valence-corrected chi connectivity index (χ0v) is 15.8. The fourth-order valence-electron chi connectivity index (χ4n) is 2.44. The quantitative estimate of drug-likeness (QED) is 0.653. The summed E-state index contributed by atoms with van der Waals surface area (Å²) in [6, 6.07) is 5.52. The SMILES string of the molecule is CCOC(=O)C1=C(COC(=O)COc2ccc(Cl)cc2)NC(=O)N[C@H]1CC. The van der Waals surface area contributed by atoms with Crippen molar-refractivity contribution in [1.82, 2.24) is 10.6 Å². The van der Waals surface area contributed by atoms with Gasteiger partial charge in [-0.3, -0.25) is 0 Å². The maximum absolute atomic E-state index is 12.2. The summed E-state index contributed by atoms with van der Waals surface area (Å²) in [6.07, 6.45) is 0.485. The number of carbonyl (C=O) groups is 3. The Morgan fingerprint density at radius 3 is 2.48 bits per heavy atom. The molecule has 0 radical (unpaired) electrons. The molecule has 0 bridgehead atoms. The van der Waals surface area contributed by atoms with E-state index in [4.69, 9.17) is 25.8 Å². The van der Waals surface area contributed by atoms with Gasteiger partial charge in [-0.05, 0) is 37.6 Å². The van der Waals surface area contributed by atoms with E-state index in [-0.39, 0.29) is 31.1 Å². The molecule has 146 valence electrons. The van der Waals surface area contributed by atoms with Crippen LogP contribution in [0.2, 0.25) is 5.02 Å². The van der Waals surface area contributed by atoms with Crippen molar-refractivity contribution in [2.45, 2.75) is 26.3 Å².